The Labute approximate surface area is 150 Å². The van der Waals surface area contributed by atoms with Gasteiger partial charge < -0.3 is 10.1 Å². The molecule has 0 amide bonds. The topological polar surface area (TPSA) is 55.4 Å². The summed E-state index contributed by atoms with van der Waals surface area (Å²) in [5.74, 6) is -0.571. The van der Waals surface area contributed by atoms with Crippen molar-refractivity contribution in [2.75, 3.05) is 11.9 Å². The van der Waals surface area contributed by atoms with Crippen molar-refractivity contribution < 1.29 is 14.3 Å². The summed E-state index contributed by atoms with van der Waals surface area (Å²) in [4.78, 5) is 23.6. The van der Waals surface area contributed by atoms with Crippen molar-refractivity contribution >= 4 is 40.6 Å². The van der Waals surface area contributed by atoms with Gasteiger partial charge in [-0.1, -0.05) is 23.2 Å². The number of ketones is 1. The number of esters is 1. The molecule has 1 N–H and O–H groups in total. The van der Waals surface area contributed by atoms with Gasteiger partial charge in [0.15, 0.2) is 5.78 Å². The highest BCUT2D eigenvalue weighted by molar-refractivity contribution is 6.42. The molecule has 0 fully saturated rings. The number of rotatable bonds is 6. The number of anilines is 1. The van der Waals surface area contributed by atoms with Gasteiger partial charge in [-0.2, -0.15) is 0 Å². The average molecular weight is 364 g/mol. The Morgan fingerprint density at radius 3 is 2.33 bits per heavy atom. The molecule has 4 nitrogen and oxygen atoms in total. The van der Waals surface area contributed by atoms with E-state index >= 15 is 0 Å². The highest BCUT2D eigenvalue weighted by Gasteiger charge is 2.06. The van der Waals surface area contributed by atoms with Crippen molar-refractivity contribution in [2.24, 2.45) is 0 Å². The van der Waals surface area contributed by atoms with Crippen LogP contribution in [0.15, 0.2) is 54.7 Å². The van der Waals surface area contributed by atoms with Crippen LogP contribution in [0.5, 0.6) is 0 Å². The first kappa shape index (κ1) is 18.0. The van der Waals surface area contributed by atoms with E-state index in [2.05, 4.69) is 5.32 Å². The van der Waals surface area contributed by atoms with Crippen LogP contribution in [0.3, 0.4) is 0 Å². The molecule has 2 rings (SSSR count). The molecule has 2 aromatic rings. The van der Waals surface area contributed by atoms with Gasteiger partial charge in [-0.15, -0.1) is 0 Å². The van der Waals surface area contributed by atoms with Gasteiger partial charge in [0.25, 0.3) is 0 Å². The summed E-state index contributed by atoms with van der Waals surface area (Å²) in [6, 6.07) is 11.4. The summed E-state index contributed by atoms with van der Waals surface area (Å²) in [5.41, 5.74) is 1.65. The van der Waals surface area contributed by atoms with E-state index in [0.717, 1.165) is 5.69 Å². The lowest BCUT2D eigenvalue weighted by Crippen LogP contribution is -2.04. The van der Waals surface area contributed by atoms with Crippen LogP contribution in [-0.4, -0.2) is 18.4 Å². The van der Waals surface area contributed by atoms with E-state index in [1.807, 2.05) is 0 Å². The first-order chi connectivity index (χ1) is 11.5. The van der Waals surface area contributed by atoms with Crippen LogP contribution < -0.4 is 5.32 Å². The average Bonchev–Trinajstić information content (AvgIpc) is 2.58. The minimum atomic E-state index is -0.366. The number of hydrogen-bond acceptors (Lipinski definition) is 4. The highest BCUT2D eigenvalue weighted by atomic mass is 35.5. The lowest BCUT2D eigenvalue weighted by molar-refractivity contribution is 0.0526. The lowest BCUT2D eigenvalue weighted by atomic mass is 10.1. The molecule has 0 bridgehead atoms. The Morgan fingerprint density at radius 1 is 1.04 bits per heavy atom. The van der Waals surface area contributed by atoms with Gasteiger partial charge in [-0.25, -0.2) is 4.79 Å². The van der Waals surface area contributed by atoms with Crippen molar-refractivity contribution in [3.05, 3.63) is 75.9 Å². The quantitative estimate of drug-likeness (QED) is 0.446. The molecule has 2 aromatic carbocycles. The number of nitrogens with one attached hydrogen (secondary N) is 1. The molecule has 124 valence electrons. The molecule has 0 spiro atoms. The Morgan fingerprint density at radius 2 is 1.71 bits per heavy atom. The minimum absolute atomic E-state index is 0.204. The van der Waals surface area contributed by atoms with E-state index in [1.165, 1.54) is 18.3 Å². The molecular formula is C18H15Cl2NO3. The molecule has 0 aliphatic rings. The smallest absolute Gasteiger partial charge is 0.338 e. The van der Waals surface area contributed by atoms with E-state index in [9.17, 15) is 9.59 Å². The molecule has 0 radical (unpaired) electrons. The van der Waals surface area contributed by atoms with Crippen molar-refractivity contribution in [3.8, 4) is 0 Å². The second kappa shape index (κ2) is 8.52. The van der Waals surface area contributed by atoms with E-state index < -0.39 is 0 Å². The Balaban J connectivity index is 1.97. The molecular weight excluding hydrogens is 349 g/mol. The van der Waals surface area contributed by atoms with Gasteiger partial charge in [0.2, 0.25) is 0 Å². The maximum atomic E-state index is 12.0. The molecule has 0 aromatic heterocycles. The highest BCUT2D eigenvalue weighted by Crippen LogP contribution is 2.22. The lowest BCUT2D eigenvalue weighted by Gasteiger charge is -2.04. The first-order valence-electron chi connectivity index (χ1n) is 7.21. The summed E-state index contributed by atoms with van der Waals surface area (Å²) < 4.78 is 4.91. The Bertz CT molecular complexity index is 770. The van der Waals surface area contributed by atoms with E-state index in [1.54, 1.807) is 43.3 Å². The molecule has 0 heterocycles. The maximum Gasteiger partial charge on any atom is 0.338 e. The molecule has 0 saturated carbocycles. The van der Waals surface area contributed by atoms with Crippen LogP contribution in [0, 0.1) is 0 Å². The van der Waals surface area contributed by atoms with Crippen LogP contribution in [0.25, 0.3) is 0 Å². The largest absolute Gasteiger partial charge is 0.462 e. The van der Waals surface area contributed by atoms with Crippen LogP contribution in [-0.2, 0) is 4.74 Å². The Kier molecular flexibility index (Phi) is 6.41. The van der Waals surface area contributed by atoms with Crippen LogP contribution >= 0.6 is 23.2 Å². The van der Waals surface area contributed by atoms with Gasteiger partial charge >= 0.3 is 5.97 Å². The number of carbonyl (C=O) groups excluding carboxylic acids is 2. The number of benzene rings is 2. The number of allylic oxidation sites excluding steroid dienone is 1. The monoisotopic (exact) mass is 363 g/mol. The standard InChI is InChI=1S/C18H15Cl2NO3/c1-2-24-18(23)12-3-6-14(7-4-12)21-10-9-17(22)13-5-8-15(19)16(20)11-13/h3-11,21H,2H2,1H3/b10-9-. The maximum absolute atomic E-state index is 12.0. The molecule has 0 saturated heterocycles. The van der Waals surface area contributed by atoms with Crippen LogP contribution in [0.4, 0.5) is 5.69 Å². The Hall–Kier alpha value is -2.30. The molecule has 0 atom stereocenters. The summed E-state index contributed by atoms with van der Waals surface area (Å²) in [7, 11) is 0. The number of carbonyl (C=O) groups is 2. The van der Waals surface area contributed by atoms with Gasteiger partial charge in [0, 0.05) is 23.5 Å². The summed E-state index contributed by atoms with van der Waals surface area (Å²) in [5, 5.41) is 3.69. The molecule has 6 heteroatoms. The predicted molar refractivity (Wildman–Crippen MR) is 96.0 cm³/mol. The van der Waals surface area contributed by atoms with Gasteiger partial charge in [0.05, 0.1) is 22.2 Å². The van der Waals surface area contributed by atoms with Gasteiger partial charge in [-0.3, -0.25) is 4.79 Å². The zero-order chi connectivity index (χ0) is 17.5. The normalized spacial score (nSPS) is 10.6. The third-order valence-corrected chi connectivity index (χ3v) is 3.82. The molecule has 0 aliphatic heterocycles. The van der Waals surface area contributed by atoms with Gasteiger partial charge in [-0.05, 0) is 49.4 Å². The van der Waals surface area contributed by atoms with Gasteiger partial charge in [0.1, 0.15) is 0 Å². The van der Waals surface area contributed by atoms with Crippen molar-refractivity contribution in [1.82, 2.24) is 0 Å². The fraction of sp³-hybridized carbons (Fsp3) is 0.111. The number of halogens is 2. The second-order valence-electron chi connectivity index (χ2n) is 4.77. The SMILES string of the molecule is CCOC(=O)c1ccc(N/C=C\C(=O)c2ccc(Cl)c(Cl)c2)cc1. The van der Waals surface area contributed by atoms with Crippen molar-refractivity contribution in [1.29, 1.82) is 0 Å². The zero-order valence-corrected chi connectivity index (χ0v) is 14.4. The fourth-order valence-corrected chi connectivity index (χ4v) is 2.17. The zero-order valence-electron chi connectivity index (χ0n) is 12.9. The molecule has 0 unspecified atom stereocenters. The molecule has 24 heavy (non-hydrogen) atoms. The summed E-state index contributed by atoms with van der Waals surface area (Å²) in [6.45, 7) is 2.09. The minimum Gasteiger partial charge on any atom is -0.462 e. The summed E-state index contributed by atoms with van der Waals surface area (Å²) in [6.07, 6.45) is 2.91. The third-order valence-electron chi connectivity index (χ3n) is 3.08. The third kappa shape index (κ3) is 4.85. The van der Waals surface area contributed by atoms with Crippen molar-refractivity contribution in [3.63, 3.8) is 0 Å². The summed E-state index contributed by atoms with van der Waals surface area (Å²) >= 11 is 11.7. The van der Waals surface area contributed by atoms with Crippen molar-refractivity contribution in [2.45, 2.75) is 6.92 Å². The molecule has 0 aliphatic carbocycles. The van der Waals surface area contributed by atoms with Crippen LogP contribution in [0.2, 0.25) is 10.0 Å². The van der Waals surface area contributed by atoms with E-state index in [-0.39, 0.29) is 11.8 Å². The number of hydrogen-bond donors (Lipinski definition) is 1. The fourth-order valence-electron chi connectivity index (χ4n) is 1.88. The second-order valence-corrected chi connectivity index (χ2v) is 5.58. The number of ether oxygens (including phenoxy) is 1. The van der Waals surface area contributed by atoms with Crippen LogP contribution in [0.1, 0.15) is 27.6 Å². The van der Waals surface area contributed by atoms with E-state index in [4.69, 9.17) is 27.9 Å². The predicted octanol–water partition coefficient (Wildman–Crippen LogP) is 4.98. The van der Waals surface area contributed by atoms with E-state index in [0.29, 0.717) is 27.8 Å². The first-order valence-corrected chi connectivity index (χ1v) is 7.96.